The van der Waals surface area contributed by atoms with Crippen molar-refractivity contribution >= 4 is 17.1 Å². The lowest BCUT2D eigenvalue weighted by atomic mass is 9.81. The van der Waals surface area contributed by atoms with E-state index in [1.165, 1.54) is 50.1 Å². The molecule has 2 heteroatoms. The molecule has 8 aromatic rings. The molecule has 0 heterocycles. The van der Waals surface area contributed by atoms with E-state index >= 15 is 0 Å². The molecular weight excluding hydrogens is 643 g/mol. The summed E-state index contributed by atoms with van der Waals surface area (Å²) in [6, 6.07) is 71.2. The van der Waals surface area contributed by atoms with Crippen molar-refractivity contribution in [2.75, 3.05) is 4.90 Å². The lowest BCUT2D eigenvalue weighted by molar-refractivity contribution is 0.483. The van der Waals surface area contributed by atoms with Gasteiger partial charge < -0.3 is 9.64 Å². The van der Waals surface area contributed by atoms with Gasteiger partial charge in [-0.15, -0.1) is 0 Å². The van der Waals surface area contributed by atoms with E-state index in [0.717, 1.165) is 34.1 Å². The van der Waals surface area contributed by atoms with E-state index in [1.807, 2.05) is 30.3 Å². The lowest BCUT2D eigenvalue weighted by Crippen LogP contribution is -2.21. The SMILES string of the molecule is CC1(C)c2ccccc2-c2c(Oc3ccccc3)ccc(N(c3ccc(-c4ccccc4)cc3)c3ccc(-c4ccccc4)c(-c4ccccc4)c3)c21. The third kappa shape index (κ3) is 5.89. The van der Waals surface area contributed by atoms with Crippen molar-refractivity contribution in [2.24, 2.45) is 0 Å². The summed E-state index contributed by atoms with van der Waals surface area (Å²) >= 11 is 0. The Balaban J connectivity index is 1.29. The lowest BCUT2D eigenvalue weighted by Gasteiger charge is -2.33. The van der Waals surface area contributed by atoms with E-state index < -0.39 is 0 Å². The van der Waals surface area contributed by atoms with Gasteiger partial charge in [0.2, 0.25) is 0 Å². The topological polar surface area (TPSA) is 12.5 Å². The van der Waals surface area contributed by atoms with Gasteiger partial charge >= 0.3 is 0 Å². The summed E-state index contributed by atoms with van der Waals surface area (Å²) in [4.78, 5) is 2.44. The van der Waals surface area contributed by atoms with Crippen molar-refractivity contribution in [3.8, 4) is 56.0 Å². The largest absolute Gasteiger partial charge is 0.457 e. The Morgan fingerprint density at radius 2 is 0.943 bits per heavy atom. The first-order valence-corrected chi connectivity index (χ1v) is 18.3. The number of anilines is 3. The molecule has 2 nitrogen and oxygen atoms in total. The van der Waals surface area contributed by atoms with Crippen molar-refractivity contribution in [1.29, 1.82) is 0 Å². The van der Waals surface area contributed by atoms with Crippen LogP contribution in [0.4, 0.5) is 17.1 Å². The molecule has 0 saturated carbocycles. The molecule has 254 valence electrons. The highest BCUT2D eigenvalue weighted by Crippen LogP contribution is 2.58. The van der Waals surface area contributed by atoms with Crippen molar-refractivity contribution in [3.05, 3.63) is 211 Å². The number of para-hydroxylation sites is 1. The molecule has 0 spiro atoms. The molecule has 0 aromatic heterocycles. The van der Waals surface area contributed by atoms with Gasteiger partial charge in [0, 0.05) is 22.4 Å². The van der Waals surface area contributed by atoms with Crippen LogP contribution in [0.5, 0.6) is 11.5 Å². The number of benzene rings is 8. The molecule has 9 rings (SSSR count). The second kappa shape index (κ2) is 13.5. The zero-order chi connectivity index (χ0) is 35.8. The monoisotopic (exact) mass is 681 g/mol. The Morgan fingerprint density at radius 1 is 0.415 bits per heavy atom. The van der Waals surface area contributed by atoms with Crippen LogP contribution in [0.1, 0.15) is 25.0 Å². The van der Waals surface area contributed by atoms with Crippen LogP contribution in [0.3, 0.4) is 0 Å². The number of fused-ring (bicyclic) bond motifs is 3. The van der Waals surface area contributed by atoms with Gasteiger partial charge in [0.1, 0.15) is 11.5 Å². The van der Waals surface area contributed by atoms with E-state index in [4.69, 9.17) is 4.74 Å². The van der Waals surface area contributed by atoms with E-state index in [9.17, 15) is 0 Å². The van der Waals surface area contributed by atoms with Crippen molar-refractivity contribution in [2.45, 2.75) is 19.3 Å². The van der Waals surface area contributed by atoms with Crippen LogP contribution in [-0.4, -0.2) is 0 Å². The second-order valence-corrected chi connectivity index (χ2v) is 14.1. The number of rotatable bonds is 8. The van der Waals surface area contributed by atoms with Gasteiger partial charge in [0.25, 0.3) is 0 Å². The Labute approximate surface area is 312 Å². The molecule has 0 saturated heterocycles. The van der Waals surface area contributed by atoms with Crippen molar-refractivity contribution in [3.63, 3.8) is 0 Å². The molecular formula is C51H39NO. The molecule has 0 amide bonds. The third-order valence-corrected chi connectivity index (χ3v) is 10.5. The fourth-order valence-electron chi connectivity index (χ4n) is 8.00. The molecule has 0 radical (unpaired) electrons. The highest BCUT2D eigenvalue weighted by atomic mass is 16.5. The average Bonchev–Trinajstić information content (AvgIpc) is 3.47. The average molecular weight is 682 g/mol. The normalized spacial score (nSPS) is 12.5. The molecule has 0 bridgehead atoms. The number of hydrogen-bond acceptors (Lipinski definition) is 2. The van der Waals surface area contributed by atoms with Crippen LogP contribution in [0, 0.1) is 0 Å². The second-order valence-electron chi connectivity index (χ2n) is 14.1. The number of ether oxygens (including phenoxy) is 1. The number of hydrogen-bond donors (Lipinski definition) is 0. The molecule has 1 aliphatic carbocycles. The van der Waals surface area contributed by atoms with Crippen LogP contribution in [0.2, 0.25) is 0 Å². The molecule has 8 aromatic carbocycles. The Bertz CT molecular complexity index is 2520. The van der Waals surface area contributed by atoms with E-state index in [1.54, 1.807) is 0 Å². The quantitative estimate of drug-likeness (QED) is 0.158. The maximum absolute atomic E-state index is 6.71. The van der Waals surface area contributed by atoms with E-state index in [0.29, 0.717) is 0 Å². The van der Waals surface area contributed by atoms with Gasteiger partial charge in [-0.1, -0.05) is 166 Å². The third-order valence-electron chi connectivity index (χ3n) is 10.5. The van der Waals surface area contributed by atoms with Gasteiger partial charge in [0.15, 0.2) is 0 Å². The first kappa shape index (κ1) is 32.3. The summed E-state index contributed by atoms with van der Waals surface area (Å²) < 4.78 is 6.71. The molecule has 53 heavy (non-hydrogen) atoms. The van der Waals surface area contributed by atoms with Crippen LogP contribution in [-0.2, 0) is 5.41 Å². The van der Waals surface area contributed by atoms with E-state index in [-0.39, 0.29) is 5.41 Å². The standard InChI is InChI=1S/C51H39NO/c1-51(2)46-26-16-15-25-44(46)49-48(53-42-23-13-6-14-24-42)34-33-47(50(49)51)52(40-29-27-37(28-30-40)36-17-7-3-8-18-36)41-31-32-43(38-19-9-4-10-20-38)45(35-41)39-21-11-5-12-22-39/h3-35H,1-2H3. The van der Waals surface area contributed by atoms with Crippen molar-refractivity contribution < 1.29 is 4.74 Å². The summed E-state index contributed by atoms with van der Waals surface area (Å²) in [6.45, 7) is 4.69. The molecule has 0 N–H and O–H groups in total. The van der Waals surface area contributed by atoms with E-state index in [2.05, 4.69) is 189 Å². The highest BCUT2D eigenvalue weighted by Gasteiger charge is 2.41. The summed E-state index contributed by atoms with van der Waals surface area (Å²) in [7, 11) is 0. The Morgan fingerprint density at radius 3 is 1.60 bits per heavy atom. The molecule has 0 unspecified atom stereocenters. The molecule has 1 aliphatic rings. The van der Waals surface area contributed by atoms with Gasteiger partial charge in [-0.3, -0.25) is 0 Å². The van der Waals surface area contributed by atoms with Crippen molar-refractivity contribution in [1.82, 2.24) is 0 Å². The van der Waals surface area contributed by atoms with Crippen LogP contribution in [0.15, 0.2) is 200 Å². The molecule has 0 atom stereocenters. The predicted molar refractivity (Wildman–Crippen MR) is 222 cm³/mol. The highest BCUT2D eigenvalue weighted by molar-refractivity contribution is 5.95. The summed E-state index contributed by atoms with van der Waals surface area (Å²) in [5.41, 5.74) is 15.0. The smallest absolute Gasteiger partial charge is 0.135 e. The maximum Gasteiger partial charge on any atom is 0.135 e. The van der Waals surface area contributed by atoms with Gasteiger partial charge in [-0.25, -0.2) is 0 Å². The fraction of sp³-hybridized carbons (Fsp3) is 0.0588. The summed E-state index contributed by atoms with van der Waals surface area (Å²) in [5.74, 6) is 1.68. The van der Waals surface area contributed by atoms with Crippen LogP contribution < -0.4 is 9.64 Å². The fourth-order valence-corrected chi connectivity index (χ4v) is 8.00. The minimum absolute atomic E-state index is 0.300. The maximum atomic E-state index is 6.71. The van der Waals surface area contributed by atoms with Gasteiger partial charge in [-0.05, 0) is 98.6 Å². The first-order valence-electron chi connectivity index (χ1n) is 18.3. The zero-order valence-corrected chi connectivity index (χ0v) is 29.9. The van der Waals surface area contributed by atoms with Gasteiger partial charge in [-0.2, -0.15) is 0 Å². The summed E-state index contributed by atoms with van der Waals surface area (Å²) in [5, 5.41) is 0. The minimum Gasteiger partial charge on any atom is -0.457 e. The Hall–Kier alpha value is -6.64. The van der Waals surface area contributed by atoms with Gasteiger partial charge in [0.05, 0.1) is 5.69 Å². The number of nitrogens with zero attached hydrogens (tertiary/aromatic N) is 1. The summed E-state index contributed by atoms with van der Waals surface area (Å²) in [6.07, 6.45) is 0. The zero-order valence-electron chi connectivity index (χ0n) is 29.9. The minimum atomic E-state index is -0.300. The molecule has 0 aliphatic heterocycles. The van der Waals surface area contributed by atoms with Crippen LogP contribution >= 0.6 is 0 Å². The Kier molecular flexibility index (Phi) is 8.21. The predicted octanol–water partition coefficient (Wildman–Crippen LogP) is 14.3. The van der Waals surface area contributed by atoms with Crippen LogP contribution in [0.25, 0.3) is 44.5 Å². The first-order chi connectivity index (χ1) is 26.1. The molecule has 0 fully saturated rings.